The van der Waals surface area contributed by atoms with Crippen LogP contribution in [0.5, 0.6) is 0 Å². The molecule has 0 radical (unpaired) electrons. The number of rotatable bonds is 4. The molecule has 0 amide bonds. The summed E-state index contributed by atoms with van der Waals surface area (Å²) in [5.41, 5.74) is 7.84. The lowest BCUT2D eigenvalue weighted by atomic mass is 10.0. The zero-order valence-corrected chi connectivity index (χ0v) is 11.0. The van der Waals surface area contributed by atoms with Gasteiger partial charge >= 0.3 is 0 Å². The first-order valence-electron chi connectivity index (χ1n) is 6.46. The molecule has 18 heavy (non-hydrogen) atoms. The Bertz CT molecular complexity index is 599. The molecule has 2 N–H and O–H groups in total. The topological polar surface area (TPSA) is 48.0 Å². The lowest BCUT2D eigenvalue weighted by Gasteiger charge is -2.12. The van der Waals surface area contributed by atoms with Gasteiger partial charge in [0.25, 0.3) is 0 Å². The van der Waals surface area contributed by atoms with Gasteiger partial charge in [-0.25, -0.2) is 0 Å². The van der Waals surface area contributed by atoms with Gasteiger partial charge in [-0.2, -0.15) is 0 Å². The lowest BCUT2D eigenvalue weighted by molar-refractivity contribution is 0.666. The van der Waals surface area contributed by atoms with Crippen LogP contribution in [0.25, 0.3) is 10.9 Å². The van der Waals surface area contributed by atoms with Crippen LogP contribution in [0, 0.1) is 0 Å². The van der Waals surface area contributed by atoms with E-state index in [-0.39, 0.29) is 5.43 Å². The van der Waals surface area contributed by atoms with Crippen molar-refractivity contribution in [3.63, 3.8) is 0 Å². The van der Waals surface area contributed by atoms with Gasteiger partial charge in [-0.3, -0.25) is 4.79 Å². The van der Waals surface area contributed by atoms with Crippen molar-refractivity contribution in [2.24, 2.45) is 5.73 Å². The molecular formula is C15H20N2O. The summed E-state index contributed by atoms with van der Waals surface area (Å²) in [5, 5.41) is 0.806. The normalized spacial score (nSPS) is 11.3. The van der Waals surface area contributed by atoms with Crippen molar-refractivity contribution in [3.05, 3.63) is 46.2 Å². The molecule has 3 nitrogen and oxygen atoms in total. The minimum atomic E-state index is 0.0940. The van der Waals surface area contributed by atoms with E-state index in [0.29, 0.717) is 12.5 Å². The van der Waals surface area contributed by atoms with Crippen molar-refractivity contribution in [2.75, 3.05) is 6.54 Å². The summed E-state index contributed by atoms with van der Waals surface area (Å²) in [6.45, 7) is 5.79. The largest absolute Gasteiger partial charge is 0.347 e. The van der Waals surface area contributed by atoms with Gasteiger partial charge in [0.1, 0.15) is 0 Å². The molecule has 2 rings (SSSR count). The molecule has 0 bridgehead atoms. The SMILES string of the molecule is CC(C)c1ccc2c(c1)c(=O)ccn2CCCN. The van der Waals surface area contributed by atoms with Gasteiger partial charge in [-0.05, 0) is 36.6 Å². The van der Waals surface area contributed by atoms with Gasteiger partial charge in [0, 0.05) is 24.2 Å². The number of pyridine rings is 1. The minimum Gasteiger partial charge on any atom is -0.347 e. The molecule has 0 fully saturated rings. The molecule has 0 unspecified atom stereocenters. The summed E-state index contributed by atoms with van der Waals surface area (Å²) in [4.78, 5) is 11.9. The minimum absolute atomic E-state index is 0.0940. The summed E-state index contributed by atoms with van der Waals surface area (Å²) in [6, 6.07) is 7.80. The maximum atomic E-state index is 11.9. The second kappa shape index (κ2) is 5.36. The van der Waals surface area contributed by atoms with Crippen LogP contribution in [0.4, 0.5) is 0 Å². The zero-order chi connectivity index (χ0) is 13.1. The van der Waals surface area contributed by atoms with Crippen molar-refractivity contribution in [1.29, 1.82) is 0 Å². The third-order valence-electron chi connectivity index (χ3n) is 3.27. The third kappa shape index (κ3) is 2.46. The van der Waals surface area contributed by atoms with Gasteiger partial charge in [0.15, 0.2) is 5.43 Å². The molecule has 0 aliphatic rings. The fourth-order valence-corrected chi connectivity index (χ4v) is 2.14. The van der Waals surface area contributed by atoms with Crippen molar-refractivity contribution in [1.82, 2.24) is 4.57 Å². The molecule has 0 atom stereocenters. The van der Waals surface area contributed by atoms with Gasteiger partial charge in [0.2, 0.25) is 0 Å². The number of hydrogen-bond acceptors (Lipinski definition) is 2. The molecule has 3 heteroatoms. The summed E-state index contributed by atoms with van der Waals surface area (Å²) in [5.74, 6) is 0.437. The van der Waals surface area contributed by atoms with E-state index in [2.05, 4.69) is 24.5 Å². The predicted molar refractivity (Wildman–Crippen MR) is 76.0 cm³/mol. The molecule has 1 aromatic heterocycles. The second-order valence-electron chi connectivity index (χ2n) is 4.95. The van der Waals surface area contributed by atoms with E-state index in [1.54, 1.807) is 6.07 Å². The van der Waals surface area contributed by atoms with Gasteiger partial charge < -0.3 is 10.3 Å². The second-order valence-corrected chi connectivity index (χ2v) is 4.95. The highest BCUT2D eigenvalue weighted by molar-refractivity contribution is 5.79. The number of aromatic nitrogens is 1. The molecular weight excluding hydrogens is 224 g/mol. The van der Waals surface area contributed by atoms with Crippen LogP contribution in [0.1, 0.15) is 31.7 Å². The summed E-state index contributed by atoms with van der Waals surface area (Å²) >= 11 is 0. The fourth-order valence-electron chi connectivity index (χ4n) is 2.14. The predicted octanol–water partition coefficient (Wildman–Crippen LogP) is 2.47. The molecule has 1 heterocycles. The van der Waals surface area contributed by atoms with E-state index >= 15 is 0 Å². The van der Waals surface area contributed by atoms with E-state index < -0.39 is 0 Å². The monoisotopic (exact) mass is 244 g/mol. The van der Waals surface area contributed by atoms with Crippen LogP contribution in [0.3, 0.4) is 0 Å². The smallest absolute Gasteiger partial charge is 0.189 e. The van der Waals surface area contributed by atoms with Gasteiger partial charge in [0.05, 0.1) is 5.52 Å². The molecule has 1 aromatic carbocycles. The number of benzene rings is 1. The Kier molecular flexibility index (Phi) is 3.82. The number of nitrogens with two attached hydrogens (primary N) is 1. The van der Waals surface area contributed by atoms with Gasteiger partial charge in [-0.1, -0.05) is 19.9 Å². The first-order chi connectivity index (χ1) is 8.63. The maximum absolute atomic E-state index is 11.9. The zero-order valence-electron chi connectivity index (χ0n) is 11.0. The number of nitrogens with zero attached hydrogens (tertiary/aromatic N) is 1. The van der Waals surface area contributed by atoms with Gasteiger partial charge in [-0.15, -0.1) is 0 Å². The molecule has 0 saturated heterocycles. The summed E-state index contributed by atoms with van der Waals surface area (Å²) < 4.78 is 2.10. The number of hydrogen-bond donors (Lipinski definition) is 1. The van der Waals surface area contributed by atoms with Crippen LogP contribution in [-0.2, 0) is 6.54 Å². The van der Waals surface area contributed by atoms with E-state index in [9.17, 15) is 4.79 Å². The van der Waals surface area contributed by atoms with Crippen molar-refractivity contribution < 1.29 is 0 Å². The number of fused-ring (bicyclic) bond motifs is 1. The van der Waals surface area contributed by atoms with Crippen LogP contribution >= 0.6 is 0 Å². The lowest BCUT2D eigenvalue weighted by Crippen LogP contribution is -2.11. The number of aryl methyl sites for hydroxylation is 1. The van der Waals surface area contributed by atoms with E-state index in [4.69, 9.17) is 5.73 Å². The Balaban J connectivity index is 2.57. The summed E-state index contributed by atoms with van der Waals surface area (Å²) in [7, 11) is 0. The standard InChI is InChI=1S/C15H20N2O/c1-11(2)12-4-5-14-13(10-12)15(18)6-9-17(14)8-3-7-16/h4-6,9-11H,3,7-8,16H2,1-2H3. The van der Waals surface area contributed by atoms with Crippen LogP contribution in [0.15, 0.2) is 35.3 Å². The Morgan fingerprint density at radius 3 is 2.72 bits per heavy atom. The van der Waals surface area contributed by atoms with Crippen LogP contribution in [-0.4, -0.2) is 11.1 Å². The first-order valence-corrected chi connectivity index (χ1v) is 6.46. The quantitative estimate of drug-likeness (QED) is 0.898. The highest BCUT2D eigenvalue weighted by atomic mass is 16.1. The van der Waals surface area contributed by atoms with Crippen molar-refractivity contribution in [2.45, 2.75) is 32.7 Å². The van der Waals surface area contributed by atoms with Crippen molar-refractivity contribution in [3.8, 4) is 0 Å². The third-order valence-corrected chi connectivity index (χ3v) is 3.27. The molecule has 0 spiro atoms. The Morgan fingerprint density at radius 1 is 1.28 bits per heavy atom. The fraction of sp³-hybridized carbons (Fsp3) is 0.400. The summed E-state index contributed by atoms with van der Waals surface area (Å²) in [6.07, 6.45) is 2.78. The maximum Gasteiger partial charge on any atom is 0.189 e. The van der Waals surface area contributed by atoms with E-state index in [1.807, 2.05) is 18.3 Å². The average Bonchev–Trinajstić information content (AvgIpc) is 2.37. The Labute approximate surface area is 107 Å². The highest BCUT2D eigenvalue weighted by Crippen LogP contribution is 2.19. The van der Waals surface area contributed by atoms with E-state index in [0.717, 1.165) is 23.9 Å². The van der Waals surface area contributed by atoms with Crippen molar-refractivity contribution >= 4 is 10.9 Å². The van der Waals surface area contributed by atoms with Crippen LogP contribution in [0.2, 0.25) is 0 Å². The molecule has 2 aromatic rings. The first kappa shape index (κ1) is 12.8. The molecule has 0 saturated carbocycles. The molecule has 96 valence electrons. The van der Waals surface area contributed by atoms with E-state index in [1.165, 1.54) is 5.56 Å². The molecule has 0 aliphatic carbocycles. The Morgan fingerprint density at radius 2 is 2.06 bits per heavy atom. The highest BCUT2D eigenvalue weighted by Gasteiger charge is 2.06. The Hall–Kier alpha value is -1.61. The molecule has 0 aliphatic heterocycles. The van der Waals surface area contributed by atoms with Crippen LogP contribution < -0.4 is 11.2 Å². The average molecular weight is 244 g/mol.